The maximum atomic E-state index is 9.43. The molecular weight excluding hydrogens is 96.0 g/mol. The molecule has 0 saturated carbocycles. The van der Waals surface area contributed by atoms with Gasteiger partial charge in [-0.15, -0.1) is 0 Å². The molecule has 41 valence electrons. The van der Waals surface area contributed by atoms with E-state index in [1.54, 1.807) is 0 Å². The van der Waals surface area contributed by atoms with Crippen LogP contribution in [0.4, 0.5) is 0 Å². The molecule has 1 atom stereocenters. The van der Waals surface area contributed by atoms with Gasteiger partial charge < -0.3 is 9.47 Å². The van der Waals surface area contributed by atoms with E-state index in [4.69, 9.17) is 0 Å². The van der Waals surface area contributed by atoms with Crippen LogP contribution in [-0.4, -0.2) is 19.9 Å². The minimum Gasteiger partial charge on any atom is -0.438 e. The number of methoxy groups -OCH3 is 1. The molecule has 0 aliphatic rings. The van der Waals surface area contributed by atoms with Crippen LogP contribution in [0.3, 0.4) is 0 Å². The zero-order chi connectivity index (χ0) is 5.70. The van der Waals surface area contributed by atoms with Gasteiger partial charge in [-0.05, 0) is 0 Å². The highest BCUT2D eigenvalue weighted by Gasteiger charge is 1.92. The van der Waals surface area contributed by atoms with Crippen molar-refractivity contribution in [1.29, 1.82) is 0 Å². The molecule has 0 fully saturated rings. The lowest BCUT2D eigenvalue weighted by Gasteiger charge is -2.03. The van der Waals surface area contributed by atoms with Gasteiger partial charge in [-0.3, -0.25) is 4.79 Å². The fourth-order valence-corrected chi connectivity index (χ4v) is 0.118. The van der Waals surface area contributed by atoms with Gasteiger partial charge in [0.05, 0.1) is 0 Å². The van der Waals surface area contributed by atoms with Gasteiger partial charge in [-0.25, -0.2) is 0 Å². The fraction of sp³-hybridized carbons (Fsp3) is 0.500. The first-order valence-corrected chi connectivity index (χ1v) is 1.76. The van der Waals surface area contributed by atoms with E-state index in [0.717, 1.165) is 0 Å². The summed E-state index contributed by atoms with van der Waals surface area (Å²) in [5, 5.41) is 0. The van der Waals surface area contributed by atoms with Crippen LogP contribution in [0.15, 0.2) is 0 Å². The van der Waals surface area contributed by atoms with Crippen molar-refractivity contribution in [3.8, 4) is 0 Å². The number of carbonyl (C=O) groups is 1. The summed E-state index contributed by atoms with van der Waals surface area (Å²) >= 11 is 0. The zero-order valence-electron chi connectivity index (χ0n) is 4.09. The van der Waals surface area contributed by atoms with Crippen molar-refractivity contribution in [3.05, 3.63) is 6.92 Å². The molecule has 0 spiro atoms. The average molecular weight is 103 g/mol. The second kappa shape index (κ2) is 3.61. The summed E-state index contributed by atoms with van der Waals surface area (Å²) in [6.07, 6.45) is -0.669. The smallest absolute Gasteiger partial charge is 0.295 e. The Bertz CT molecular complexity index is 52.9. The largest absolute Gasteiger partial charge is 0.438 e. The summed E-state index contributed by atoms with van der Waals surface area (Å²) < 4.78 is 8.60. The monoisotopic (exact) mass is 103 g/mol. The molecule has 0 aromatic carbocycles. The van der Waals surface area contributed by atoms with E-state index >= 15 is 0 Å². The maximum absolute atomic E-state index is 9.43. The summed E-state index contributed by atoms with van der Waals surface area (Å²) in [6.45, 7) is 3.56. The van der Waals surface area contributed by atoms with Crippen molar-refractivity contribution in [3.63, 3.8) is 0 Å². The first kappa shape index (κ1) is 6.43. The third-order valence-electron chi connectivity index (χ3n) is 0.470. The number of hydrogen-bond donors (Lipinski definition) is 0. The molecular formula is C4H7O3. The average Bonchev–Trinajstić information content (AvgIpc) is 1.68. The van der Waals surface area contributed by atoms with E-state index in [2.05, 4.69) is 16.4 Å². The van der Waals surface area contributed by atoms with Crippen molar-refractivity contribution in [2.75, 3.05) is 7.11 Å². The predicted octanol–water partition coefficient (Wildman–Crippen LogP) is -0.0340. The van der Waals surface area contributed by atoms with E-state index in [-0.39, 0.29) is 0 Å². The molecule has 0 aliphatic carbocycles. The van der Waals surface area contributed by atoms with Gasteiger partial charge in [0.2, 0.25) is 6.29 Å². The van der Waals surface area contributed by atoms with Crippen LogP contribution in [0.1, 0.15) is 0 Å². The third-order valence-corrected chi connectivity index (χ3v) is 0.470. The Kier molecular flexibility index (Phi) is 3.32. The number of carbonyl (C=O) groups excluding carboxylic acids is 1. The first-order valence-electron chi connectivity index (χ1n) is 1.76. The lowest BCUT2D eigenvalue weighted by molar-refractivity contribution is -0.149. The van der Waals surface area contributed by atoms with E-state index in [1.165, 1.54) is 7.11 Å². The van der Waals surface area contributed by atoms with Gasteiger partial charge in [-0.1, -0.05) is 0 Å². The third kappa shape index (κ3) is 3.26. The Morgan fingerprint density at radius 1 is 1.86 bits per heavy atom. The van der Waals surface area contributed by atoms with Crippen molar-refractivity contribution in [2.24, 2.45) is 0 Å². The first-order chi connectivity index (χ1) is 3.31. The normalized spacial score (nSPS) is 12.9. The maximum Gasteiger partial charge on any atom is 0.295 e. The molecule has 0 amide bonds. The van der Waals surface area contributed by atoms with Crippen LogP contribution in [0.25, 0.3) is 0 Å². The van der Waals surface area contributed by atoms with Crippen molar-refractivity contribution < 1.29 is 14.3 Å². The van der Waals surface area contributed by atoms with Gasteiger partial charge in [0, 0.05) is 14.0 Å². The Labute approximate surface area is 42.2 Å². The molecule has 0 N–H and O–H groups in total. The van der Waals surface area contributed by atoms with Crippen LogP contribution < -0.4 is 0 Å². The van der Waals surface area contributed by atoms with Gasteiger partial charge in [0.1, 0.15) is 0 Å². The number of ether oxygens (including phenoxy) is 2. The summed E-state index contributed by atoms with van der Waals surface area (Å²) in [5.74, 6) is 0. The zero-order valence-corrected chi connectivity index (χ0v) is 4.09. The molecule has 0 bridgehead atoms. The molecule has 0 aromatic heterocycles. The number of hydrogen-bond acceptors (Lipinski definition) is 3. The predicted molar refractivity (Wildman–Crippen MR) is 23.3 cm³/mol. The van der Waals surface area contributed by atoms with E-state index in [0.29, 0.717) is 6.47 Å². The van der Waals surface area contributed by atoms with Crippen LogP contribution in [0.2, 0.25) is 0 Å². The molecule has 3 nitrogen and oxygen atoms in total. The van der Waals surface area contributed by atoms with Gasteiger partial charge in [-0.2, -0.15) is 0 Å². The molecule has 1 unspecified atom stereocenters. The van der Waals surface area contributed by atoms with E-state index in [1.807, 2.05) is 0 Å². The molecule has 0 aromatic rings. The summed E-state index contributed by atoms with van der Waals surface area (Å²) in [5.41, 5.74) is 0. The van der Waals surface area contributed by atoms with Crippen molar-refractivity contribution in [2.45, 2.75) is 6.29 Å². The number of rotatable bonds is 3. The van der Waals surface area contributed by atoms with Crippen molar-refractivity contribution in [1.82, 2.24) is 0 Å². The molecule has 3 heteroatoms. The van der Waals surface area contributed by atoms with E-state index in [9.17, 15) is 4.79 Å². The lowest BCUT2D eigenvalue weighted by Crippen LogP contribution is -2.08. The van der Waals surface area contributed by atoms with Crippen LogP contribution >= 0.6 is 0 Å². The highest BCUT2D eigenvalue weighted by Crippen LogP contribution is 1.83. The Morgan fingerprint density at radius 3 is 2.57 bits per heavy atom. The Morgan fingerprint density at radius 2 is 2.43 bits per heavy atom. The van der Waals surface area contributed by atoms with Gasteiger partial charge >= 0.3 is 0 Å². The van der Waals surface area contributed by atoms with Gasteiger partial charge in [0.15, 0.2) is 0 Å². The summed E-state index contributed by atoms with van der Waals surface area (Å²) in [6, 6.07) is 0. The van der Waals surface area contributed by atoms with E-state index < -0.39 is 6.29 Å². The minimum atomic E-state index is -0.669. The van der Waals surface area contributed by atoms with Crippen LogP contribution in [0.5, 0.6) is 0 Å². The molecule has 0 rings (SSSR count). The highest BCUT2D eigenvalue weighted by atomic mass is 16.7. The lowest BCUT2D eigenvalue weighted by atomic mass is 10.8. The van der Waals surface area contributed by atoms with Gasteiger partial charge in [0.25, 0.3) is 6.47 Å². The molecule has 0 saturated heterocycles. The topological polar surface area (TPSA) is 35.5 Å². The molecule has 7 heavy (non-hydrogen) atoms. The standard InChI is InChI=1S/C4H7O3/c1-4(6-2)7-3-5/h3-4H,1H2,2H3. The second-order valence-corrected chi connectivity index (χ2v) is 0.898. The fourth-order valence-electron chi connectivity index (χ4n) is 0.118. The second-order valence-electron chi connectivity index (χ2n) is 0.898. The summed E-state index contributed by atoms with van der Waals surface area (Å²) in [4.78, 5) is 9.43. The molecule has 0 heterocycles. The van der Waals surface area contributed by atoms with Crippen LogP contribution in [0, 0.1) is 6.92 Å². The Balaban J connectivity index is 2.98. The Hall–Kier alpha value is -0.570. The molecule has 0 aliphatic heterocycles. The van der Waals surface area contributed by atoms with Crippen molar-refractivity contribution >= 4 is 6.47 Å². The minimum absolute atomic E-state index is 0.293. The molecule has 1 radical (unpaired) electrons. The summed E-state index contributed by atoms with van der Waals surface area (Å²) in [7, 11) is 1.40. The SMILES string of the molecule is [CH2]C(OC)OC=O. The highest BCUT2D eigenvalue weighted by molar-refractivity contribution is 5.37. The quantitative estimate of drug-likeness (QED) is 0.371. The van der Waals surface area contributed by atoms with Crippen LogP contribution in [-0.2, 0) is 14.3 Å².